The summed E-state index contributed by atoms with van der Waals surface area (Å²) in [6.45, 7) is 0.481. The minimum absolute atomic E-state index is 0.177. The van der Waals surface area contributed by atoms with Crippen molar-refractivity contribution in [3.8, 4) is 5.75 Å². The highest BCUT2D eigenvalue weighted by molar-refractivity contribution is 5.95. The standard InChI is InChI=1S/C29H27NO3/c1-30-29(32)26-15-9-8-14-25(26)27(22-12-6-3-7-13-22)28(31)23-16-18-24(19-17-23)33-20-21-10-4-2-5-11-21/h2-19,27-28,31H,20H2,1H3,(H,30,32). The Balaban J connectivity index is 1.63. The van der Waals surface area contributed by atoms with Gasteiger partial charge in [-0.3, -0.25) is 4.79 Å². The van der Waals surface area contributed by atoms with Gasteiger partial charge >= 0.3 is 0 Å². The minimum Gasteiger partial charge on any atom is -0.489 e. The molecule has 2 N–H and O–H groups in total. The van der Waals surface area contributed by atoms with Crippen LogP contribution in [0.1, 0.15) is 44.6 Å². The first-order chi connectivity index (χ1) is 16.2. The average molecular weight is 438 g/mol. The lowest BCUT2D eigenvalue weighted by atomic mass is 9.81. The number of aliphatic hydroxyl groups is 1. The van der Waals surface area contributed by atoms with E-state index in [-0.39, 0.29) is 5.91 Å². The predicted molar refractivity (Wildman–Crippen MR) is 130 cm³/mol. The molecule has 0 aliphatic carbocycles. The molecule has 4 aromatic rings. The van der Waals surface area contributed by atoms with Crippen LogP contribution >= 0.6 is 0 Å². The van der Waals surface area contributed by atoms with Crippen LogP contribution in [-0.4, -0.2) is 18.1 Å². The van der Waals surface area contributed by atoms with Crippen LogP contribution in [0.3, 0.4) is 0 Å². The second kappa shape index (κ2) is 10.6. The average Bonchev–Trinajstić information content (AvgIpc) is 2.89. The highest BCUT2D eigenvalue weighted by Crippen LogP contribution is 2.38. The van der Waals surface area contributed by atoms with Gasteiger partial charge in [0.2, 0.25) is 0 Å². The predicted octanol–water partition coefficient (Wildman–Crippen LogP) is 5.49. The van der Waals surface area contributed by atoms with Crippen LogP contribution in [-0.2, 0) is 6.61 Å². The molecule has 0 radical (unpaired) electrons. The Labute approximate surface area is 194 Å². The highest BCUT2D eigenvalue weighted by atomic mass is 16.5. The Hall–Kier alpha value is -3.89. The molecule has 0 spiro atoms. The van der Waals surface area contributed by atoms with E-state index in [4.69, 9.17) is 4.74 Å². The summed E-state index contributed by atoms with van der Waals surface area (Å²) in [5.74, 6) is 0.149. The topological polar surface area (TPSA) is 58.6 Å². The maximum Gasteiger partial charge on any atom is 0.251 e. The molecule has 2 atom stereocenters. The van der Waals surface area contributed by atoms with E-state index in [0.29, 0.717) is 12.2 Å². The fourth-order valence-electron chi connectivity index (χ4n) is 4.00. The molecule has 166 valence electrons. The van der Waals surface area contributed by atoms with Crippen LogP contribution < -0.4 is 10.1 Å². The van der Waals surface area contributed by atoms with Crippen molar-refractivity contribution in [1.82, 2.24) is 5.32 Å². The Bertz CT molecular complexity index is 1170. The van der Waals surface area contributed by atoms with Gasteiger partial charge in [-0.25, -0.2) is 0 Å². The smallest absolute Gasteiger partial charge is 0.251 e. The van der Waals surface area contributed by atoms with Crippen molar-refractivity contribution in [3.63, 3.8) is 0 Å². The summed E-state index contributed by atoms with van der Waals surface area (Å²) in [6.07, 6.45) is -0.846. The molecule has 0 bridgehead atoms. The number of hydrogen-bond donors (Lipinski definition) is 2. The molecule has 0 aromatic heterocycles. The highest BCUT2D eigenvalue weighted by Gasteiger charge is 2.28. The lowest BCUT2D eigenvalue weighted by Crippen LogP contribution is -2.22. The van der Waals surface area contributed by atoms with Crippen LogP contribution in [0.4, 0.5) is 0 Å². The first-order valence-electron chi connectivity index (χ1n) is 11.0. The van der Waals surface area contributed by atoms with Crippen molar-refractivity contribution in [2.24, 2.45) is 0 Å². The SMILES string of the molecule is CNC(=O)c1ccccc1C(c1ccccc1)C(O)c1ccc(OCc2ccccc2)cc1. The molecule has 4 nitrogen and oxygen atoms in total. The summed E-state index contributed by atoms with van der Waals surface area (Å²) in [7, 11) is 1.61. The molecule has 0 saturated carbocycles. The van der Waals surface area contributed by atoms with E-state index >= 15 is 0 Å². The number of benzene rings is 4. The van der Waals surface area contributed by atoms with Gasteiger partial charge in [0, 0.05) is 18.5 Å². The van der Waals surface area contributed by atoms with Gasteiger partial charge in [0.25, 0.3) is 5.91 Å². The number of aliphatic hydroxyl groups excluding tert-OH is 1. The summed E-state index contributed by atoms with van der Waals surface area (Å²) in [5.41, 5.74) is 4.11. The molecule has 0 aliphatic rings. The largest absolute Gasteiger partial charge is 0.489 e. The second-order valence-electron chi connectivity index (χ2n) is 7.84. The molecular formula is C29H27NO3. The van der Waals surface area contributed by atoms with Crippen LogP contribution in [0.2, 0.25) is 0 Å². The van der Waals surface area contributed by atoms with E-state index < -0.39 is 12.0 Å². The van der Waals surface area contributed by atoms with E-state index in [9.17, 15) is 9.90 Å². The zero-order chi connectivity index (χ0) is 23.0. The Morgan fingerprint density at radius 1 is 0.788 bits per heavy atom. The van der Waals surface area contributed by atoms with Crippen molar-refractivity contribution in [2.75, 3.05) is 7.05 Å². The summed E-state index contributed by atoms with van der Waals surface area (Å²) in [6, 6.07) is 34.7. The zero-order valence-corrected chi connectivity index (χ0v) is 18.5. The number of amides is 1. The van der Waals surface area contributed by atoms with Crippen molar-refractivity contribution in [2.45, 2.75) is 18.6 Å². The van der Waals surface area contributed by atoms with E-state index in [1.54, 1.807) is 13.1 Å². The number of carbonyl (C=O) groups is 1. The minimum atomic E-state index is -0.846. The molecule has 0 aliphatic heterocycles. The van der Waals surface area contributed by atoms with Crippen LogP contribution in [0.25, 0.3) is 0 Å². The second-order valence-corrected chi connectivity index (χ2v) is 7.84. The summed E-state index contributed by atoms with van der Waals surface area (Å²) < 4.78 is 5.89. The van der Waals surface area contributed by atoms with Gasteiger partial charge in [0.05, 0.1) is 6.10 Å². The maximum atomic E-state index is 12.6. The normalized spacial score (nSPS) is 12.5. The third kappa shape index (κ3) is 5.30. The first kappa shape index (κ1) is 22.3. The lowest BCUT2D eigenvalue weighted by Gasteiger charge is -2.26. The molecule has 1 amide bonds. The monoisotopic (exact) mass is 437 g/mol. The van der Waals surface area contributed by atoms with Crippen molar-refractivity contribution >= 4 is 5.91 Å². The summed E-state index contributed by atoms with van der Waals surface area (Å²) >= 11 is 0. The molecule has 0 saturated heterocycles. The van der Waals surface area contributed by atoms with Gasteiger partial charge in [-0.1, -0.05) is 91.0 Å². The quantitative estimate of drug-likeness (QED) is 0.383. The maximum absolute atomic E-state index is 12.6. The molecule has 4 rings (SSSR count). The number of ether oxygens (including phenoxy) is 1. The van der Waals surface area contributed by atoms with Crippen LogP contribution in [0.15, 0.2) is 109 Å². The Kier molecular flexibility index (Phi) is 7.18. The molecule has 2 unspecified atom stereocenters. The van der Waals surface area contributed by atoms with Gasteiger partial charge in [-0.05, 0) is 40.5 Å². The van der Waals surface area contributed by atoms with Gasteiger partial charge in [-0.2, -0.15) is 0 Å². The van der Waals surface area contributed by atoms with Gasteiger partial charge < -0.3 is 15.2 Å². The summed E-state index contributed by atoms with van der Waals surface area (Å²) in [5, 5.41) is 14.2. The third-order valence-electron chi connectivity index (χ3n) is 5.71. The van der Waals surface area contributed by atoms with E-state index in [1.807, 2.05) is 103 Å². The molecule has 0 fully saturated rings. The van der Waals surface area contributed by atoms with Crippen LogP contribution in [0, 0.1) is 0 Å². The fraction of sp³-hybridized carbons (Fsp3) is 0.138. The Morgan fingerprint density at radius 3 is 2.06 bits per heavy atom. The molecule has 0 heterocycles. The van der Waals surface area contributed by atoms with E-state index in [1.165, 1.54) is 0 Å². The third-order valence-corrected chi connectivity index (χ3v) is 5.71. The van der Waals surface area contributed by atoms with Gasteiger partial charge in [-0.15, -0.1) is 0 Å². The lowest BCUT2D eigenvalue weighted by molar-refractivity contribution is 0.0960. The summed E-state index contributed by atoms with van der Waals surface area (Å²) in [4.78, 5) is 12.6. The number of carbonyl (C=O) groups excluding carboxylic acids is 1. The fourth-order valence-corrected chi connectivity index (χ4v) is 4.00. The first-order valence-corrected chi connectivity index (χ1v) is 11.0. The molecule has 4 heteroatoms. The molecular weight excluding hydrogens is 410 g/mol. The van der Waals surface area contributed by atoms with Gasteiger partial charge in [0.15, 0.2) is 0 Å². The zero-order valence-electron chi connectivity index (χ0n) is 18.5. The number of rotatable bonds is 8. The van der Waals surface area contributed by atoms with E-state index in [0.717, 1.165) is 28.0 Å². The molecule has 33 heavy (non-hydrogen) atoms. The number of hydrogen-bond acceptors (Lipinski definition) is 3. The Morgan fingerprint density at radius 2 is 1.39 bits per heavy atom. The van der Waals surface area contributed by atoms with Gasteiger partial charge in [0.1, 0.15) is 12.4 Å². The van der Waals surface area contributed by atoms with Crippen LogP contribution in [0.5, 0.6) is 5.75 Å². The van der Waals surface area contributed by atoms with Crippen molar-refractivity contribution < 1.29 is 14.6 Å². The van der Waals surface area contributed by atoms with Crippen molar-refractivity contribution in [3.05, 3.63) is 137 Å². The molecule has 4 aromatic carbocycles. The van der Waals surface area contributed by atoms with E-state index in [2.05, 4.69) is 5.32 Å². The van der Waals surface area contributed by atoms with Crippen molar-refractivity contribution in [1.29, 1.82) is 0 Å². The number of nitrogens with one attached hydrogen (secondary N) is 1.